The third kappa shape index (κ3) is 5.45. The fraction of sp³-hybridized carbons (Fsp3) is 0.360. The van der Waals surface area contributed by atoms with Gasteiger partial charge >= 0.3 is 11.9 Å². The van der Waals surface area contributed by atoms with Gasteiger partial charge in [-0.05, 0) is 38.7 Å². The van der Waals surface area contributed by atoms with Crippen molar-refractivity contribution < 1.29 is 28.5 Å². The van der Waals surface area contributed by atoms with Crippen LogP contribution in [0, 0.1) is 6.92 Å². The minimum Gasteiger partial charge on any atom is -0.489 e. The maximum atomic E-state index is 11.3. The Morgan fingerprint density at radius 1 is 0.839 bits per heavy atom. The molecule has 0 aliphatic heterocycles. The maximum absolute atomic E-state index is 11.3. The third-order valence-corrected chi connectivity index (χ3v) is 5.16. The molecule has 2 aromatic rings. The number of aryl methyl sites for hydroxylation is 1. The third-order valence-electron chi connectivity index (χ3n) is 5.16. The molecule has 0 atom stereocenters. The van der Waals surface area contributed by atoms with E-state index in [0.29, 0.717) is 0 Å². The van der Waals surface area contributed by atoms with E-state index < -0.39 is 11.9 Å². The van der Waals surface area contributed by atoms with Crippen LogP contribution in [0.5, 0.6) is 11.5 Å². The predicted octanol–water partition coefficient (Wildman–Crippen LogP) is 4.24. The van der Waals surface area contributed by atoms with Crippen LogP contribution < -0.4 is 9.47 Å². The summed E-state index contributed by atoms with van der Waals surface area (Å²) < 4.78 is 22.4. The van der Waals surface area contributed by atoms with Crippen molar-refractivity contribution in [2.75, 3.05) is 26.4 Å². The monoisotopic (exact) mass is 424 g/mol. The van der Waals surface area contributed by atoms with E-state index in [9.17, 15) is 9.59 Å². The van der Waals surface area contributed by atoms with E-state index in [-0.39, 0.29) is 26.4 Å². The Balaban J connectivity index is 1.91. The first-order chi connectivity index (χ1) is 15.0. The molecule has 0 amide bonds. The molecule has 0 heterocycles. The molecule has 0 bridgehead atoms. The molecule has 0 unspecified atom stereocenters. The van der Waals surface area contributed by atoms with E-state index in [1.807, 2.05) is 19.1 Å². The highest BCUT2D eigenvalue weighted by Gasteiger charge is 2.24. The van der Waals surface area contributed by atoms with E-state index in [0.717, 1.165) is 76.8 Å². The van der Waals surface area contributed by atoms with Gasteiger partial charge in [0, 0.05) is 34.1 Å². The minimum atomic E-state index is -0.466. The van der Waals surface area contributed by atoms with Crippen molar-refractivity contribution in [3.8, 4) is 11.5 Å². The van der Waals surface area contributed by atoms with Crippen LogP contribution in [0.2, 0.25) is 0 Å². The number of hydrogen-bond donors (Lipinski definition) is 0. The average molecular weight is 424 g/mol. The van der Waals surface area contributed by atoms with Crippen LogP contribution in [0.4, 0.5) is 0 Å². The molecule has 1 aliphatic carbocycles. The highest BCUT2D eigenvalue weighted by molar-refractivity contribution is 5.96. The Kier molecular flexibility index (Phi) is 7.70. The van der Waals surface area contributed by atoms with Gasteiger partial charge in [-0.25, -0.2) is 9.59 Å². The van der Waals surface area contributed by atoms with E-state index in [1.54, 1.807) is 0 Å². The summed E-state index contributed by atoms with van der Waals surface area (Å²) in [7, 11) is 0. The minimum absolute atomic E-state index is 0.153. The average Bonchev–Trinajstić information content (AvgIpc) is 2.79. The quantitative estimate of drug-likeness (QED) is 0.323. The Morgan fingerprint density at radius 3 is 1.87 bits per heavy atom. The lowest BCUT2D eigenvalue weighted by Gasteiger charge is -2.25. The lowest BCUT2D eigenvalue weighted by Crippen LogP contribution is -2.15. The van der Waals surface area contributed by atoms with Gasteiger partial charge in [0.05, 0.1) is 0 Å². The van der Waals surface area contributed by atoms with Crippen molar-refractivity contribution in [3.63, 3.8) is 0 Å². The second kappa shape index (κ2) is 10.7. The standard InChI is InChI=1S/C25H28O6/c1-4-22(26)28-12-14-30-24-18-8-6-7-9-19(18)25(31-15-13-29-23(27)5-2)21-16-17(3)10-11-20(21)24/h4-5,10-11,16H,1-2,6-9,12-15H2,3H3. The molecule has 2 aromatic carbocycles. The van der Waals surface area contributed by atoms with Gasteiger partial charge in [0.1, 0.15) is 37.9 Å². The normalized spacial score (nSPS) is 12.5. The zero-order chi connectivity index (χ0) is 22.2. The van der Waals surface area contributed by atoms with Crippen LogP contribution in [0.1, 0.15) is 29.5 Å². The summed E-state index contributed by atoms with van der Waals surface area (Å²) in [5, 5.41) is 1.92. The highest BCUT2D eigenvalue weighted by Crippen LogP contribution is 2.44. The first-order valence-corrected chi connectivity index (χ1v) is 10.5. The lowest BCUT2D eigenvalue weighted by atomic mass is 9.87. The maximum Gasteiger partial charge on any atom is 0.330 e. The van der Waals surface area contributed by atoms with Crippen LogP contribution in [-0.4, -0.2) is 38.4 Å². The summed E-state index contributed by atoms with van der Waals surface area (Å²) in [6, 6.07) is 6.16. The first-order valence-electron chi connectivity index (χ1n) is 10.5. The first kappa shape index (κ1) is 22.4. The van der Waals surface area contributed by atoms with Crippen molar-refractivity contribution in [2.24, 2.45) is 0 Å². The highest BCUT2D eigenvalue weighted by atomic mass is 16.6. The topological polar surface area (TPSA) is 71.1 Å². The molecule has 0 N–H and O–H groups in total. The summed E-state index contributed by atoms with van der Waals surface area (Å²) in [5.41, 5.74) is 3.38. The van der Waals surface area contributed by atoms with Crippen molar-refractivity contribution in [1.82, 2.24) is 0 Å². The number of benzene rings is 2. The van der Waals surface area contributed by atoms with Crippen LogP contribution in [0.15, 0.2) is 43.5 Å². The van der Waals surface area contributed by atoms with Crippen LogP contribution >= 0.6 is 0 Å². The van der Waals surface area contributed by atoms with Gasteiger partial charge in [-0.2, -0.15) is 0 Å². The molecule has 6 heteroatoms. The smallest absolute Gasteiger partial charge is 0.330 e. The van der Waals surface area contributed by atoms with Crippen LogP contribution in [0.25, 0.3) is 10.8 Å². The molecule has 0 radical (unpaired) electrons. The van der Waals surface area contributed by atoms with Gasteiger partial charge < -0.3 is 18.9 Å². The number of rotatable bonds is 10. The molecule has 0 saturated heterocycles. The number of fused-ring (bicyclic) bond motifs is 2. The summed E-state index contributed by atoms with van der Waals surface area (Å²) in [6.07, 6.45) is 6.20. The number of carbonyl (C=O) groups excluding carboxylic acids is 2. The van der Waals surface area contributed by atoms with Crippen molar-refractivity contribution in [1.29, 1.82) is 0 Å². The number of hydrogen-bond acceptors (Lipinski definition) is 6. The van der Waals surface area contributed by atoms with E-state index in [2.05, 4.69) is 19.2 Å². The fourth-order valence-corrected chi connectivity index (χ4v) is 3.80. The number of esters is 2. The Hall–Kier alpha value is -3.28. The molecular formula is C25H28O6. The number of carbonyl (C=O) groups is 2. The molecular weight excluding hydrogens is 396 g/mol. The van der Waals surface area contributed by atoms with E-state index in [1.165, 1.54) is 0 Å². The Morgan fingerprint density at radius 2 is 1.35 bits per heavy atom. The molecule has 0 spiro atoms. The van der Waals surface area contributed by atoms with Gasteiger partial charge in [0.25, 0.3) is 0 Å². The van der Waals surface area contributed by atoms with Crippen LogP contribution in [-0.2, 0) is 31.9 Å². The molecule has 0 saturated carbocycles. The lowest BCUT2D eigenvalue weighted by molar-refractivity contribution is -0.139. The van der Waals surface area contributed by atoms with Gasteiger partial charge in [-0.3, -0.25) is 0 Å². The zero-order valence-corrected chi connectivity index (χ0v) is 17.9. The van der Waals surface area contributed by atoms with Gasteiger partial charge in [0.2, 0.25) is 0 Å². The van der Waals surface area contributed by atoms with Crippen molar-refractivity contribution in [2.45, 2.75) is 32.6 Å². The van der Waals surface area contributed by atoms with Crippen molar-refractivity contribution >= 4 is 22.7 Å². The number of ether oxygens (including phenoxy) is 4. The van der Waals surface area contributed by atoms with E-state index >= 15 is 0 Å². The molecule has 0 fully saturated rings. The van der Waals surface area contributed by atoms with Gasteiger partial charge in [-0.15, -0.1) is 0 Å². The summed E-state index contributed by atoms with van der Waals surface area (Å²) in [4.78, 5) is 22.6. The second-order valence-electron chi connectivity index (χ2n) is 7.31. The van der Waals surface area contributed by atoms with E-state index in [4.69, 9.17) is 18.9 Å². The molecule has 31 heavy (non-hydrogen) atoms. The molecule has 6 nitrogen and oxygen atoms in total. The Labute approximate surface area is 182 Å². The molecule has 1 aliphatic rings. The van der Waals surface area contributed by atoms with Crippen LogP contribution in [0.3, 0.4) is 0 Å². The molecule has 164 valence electrons. The molecule has 3 rings (SSSR count). The predicted molar refractivity (Wildman–Crippen MR) is 119 cm³/mol. The summed E-state index contributed by atoms with van der Waals surface area (Å²) in [6.45, 7) is 9.65. The SMILES string of the molecule is C=CC(=O)OCCOc1c2c(c(OCCOC(=O)C=C)c3cc(C)ccc13)CCCC2. The zero-order valence-electron chi connectivity index (χ0n) is 17.9. The largest absolute Gasteiger partial charge is 0.489 e. The fourth-order valence-electron chi connectivity index (χ4n) is 3.80. The summed E-state index contributed by atoms with van der Waals surface area (Å²) >= 11 is 0. The summed E-state index contributed by atoms with van der Waals surface area (Å²) in [5.74, 6) is 0.720. The van der Waals surface area contributed by atoms with Gasteiger partial charge in [0.15, 0.2) is 0 Å². The van der Waals surface area contributed by atoms with Crippen molar-refractivity contribution in [3.05, 3.63) is 60.2 Å². The molecule has 0 aromatic heterocycles. The Bertz CT molecular complexity index is 991. The van der Waals surface area contributed by atoms with Gasteiger partial charge in [-0.1, -0.05) is 30.9 Å². The second-order valence-corrected chi connectivity index (χ2v) is 7.31.